The minimum Gasteiger partial charge on any atom is -0.489 e. The summed E-state index contributed by atoms with van der Waals surface area (Å²) in [6, 6.07) is 15.1. The molecule has 0 bridgehead atoms. The fourth-order valence-corrected chi connectivity index (χ4v) is 1.62. The summed E-state index contributed by atoms with van der Waals surface area (Å²) in [6.07, 6.45) is 2.62. The van der Waals surface area contributed by atoms with Gasteiger partial charge in [0, 0.05) is 5.56 Å². The first kappa shape index (κ1) is 12.1. The Bertz CT molecular complexity index is 541. The molecule has 90 valence electrons. The largest absolute Gasteiger partial charge is 0.489 e. The third-order valence-electron chi connectivity index (χ3n) is 2.61. The maximum atomic E-state index is 10.5. The molecule has 18 heavy (non-hydrogen) atoms. The Morgan fingerprint density at radius 1 is 1.06 bits per heavy atom. The Kier molecular flexibility index (Phi) is 3.92. The lowest BCUT2D eigenvalue weighted by Crippen LogP contribution is -1.95. The van der Waals surface area contributed by atoms with Crippen LogP contribution in [0.25, 0.3) is 6.08 Å². The quantitative estimate of drug-likeness (QED) is 0.742. The highest BCUT2D eigenvalue weighted by atomic mass is 16.5. The maximum Gasteiger partial charge on any atom is 0.150 e. The molecule has 0 fully saturated rings. The van der Waals surface area contributed by atoms with E-state index in [1.54, 1.807) is 24.3 Å². The lowest BCUT2D eigenvalue weighted by Gasteiger charge is -2.07. The van der Waals surface area contributed by atoms with Crippen molar-refractivity contribution in [3.05, 3.63) is 71.8 Å². The van der Waals surface area contributed by atoms with Crippen LogP contribution in [0.4, 0.5) is 0 Å². The van der Waals surface area contributed by atoms with E-state index in [4.69, 9.17) is 4.74 Å². The van der Waals surface area contributed by atoms with Crippen LogP contribution in [0.2, 0.25) is 0 Å². The molecule has 2 aromatic carbocycles. The van der Waals surface area contributed by atoms with Gasteiger partial charge in [-0.2, -0.15) is 0 Å². The molecule has 0 saturated heterocycles. The molecule has 0 saturated carbocycles. The van der Waals surface area contributed by atoms with Crippen LogP contribution >= 0.6 is 0 Å². The number of hydrogen-bond donors (Lipinski definition) is 0. The molecule has 0 N–H and O–H groups in total. The van der Waals surface area contributed by atoms with E-state index in [1.165, 1.54) is 0 Å². The van der Waals surface area contributed by atoms with Gasteiger partial charge < -0.3 is 4.74 Å². The van der Waals surface area contributed by atoms with Gasteiger partial charge in [-0.3, -0.25) is 4.79 Å². The summed E-state index contributed by atoms with van der Waals surface area (Å²) >= 11 is 0. The van der Waals surface area contributed by atoms with Crippen molar-refractivity contribution in [1.82, 2.24) is 0 Å². The van der Waals surface area contributed by atoms with Crippen LogP contribution in [0.1, 0.15) is 21.5 Å². The molecule has 0 aliphatic rings. The standard InChI is InChI=1S/C16H14O2/c1-2-13-4-3-5-15(10-13)12-18-16-8-6-14(11-17)7-9-16/h2-11H,1,12H2. The Balaban J connectivity index is 2.01. The number of ether oxygens (including phenoxy) is 1. The van der Waals surface area contributed by atoms with Crippen molar-refractivity contribution < 1.29 is 9.53 Å². The molecule has 0 amide bonds. The van der Waals surface area contributed by atoms with Gasteiger partial charge in [0.25, 0.3) is 0 Å². The van der Waals surface area contributed by atoms with Crippen LogP contribution in [0.3, 0.4) is 0 Å². The zero-order chi connectivity index (χ0) is 12.8. The van der Waals surface area contributed by atoms with Crippen molar-refractivity contribution in [1.29, 1.82) is 0 Å². The fraction of sp³-hybridized carbons (Fsp3) is 0.0625. The fourth-order valence-electron chi connectivity index (χ4n) is 1.62. The van der Waals surface area contributed by atoms with Crippen molar-refractivity contribution >= 4 is 12.4 Å². The van der Waals surface area contributed by atoms with E-state index in [0.717, 1.165) is 23.2 Å². The summed E-state index contributed by atoms with van der Waals surface area (Å²) in [7, 11) is 0. The van der Waals surface area contributed by atoms with Crippen molar-refractivity contribution in [2.45, 2.75) is 6.61 Å². The minimum absolute atomic E-state index is 0.502. The highest BCUT2D eigenvalue weighted by Crippen LogP contribution is 2.14. The Hall–Kier alpha value is -2.35. The highest BCUT2D eigenvalue weighted by Gasteiger charge is 1.97. The number of aldehydes is 1. The molecule has 0 atom stereocenters. The topological polar surface area (TPSA) is 26.3 Å². The van der Waals surface area contributed by atoms with Crippen molar-refractivity contribution in [2.24, 2.45) is 0 Å². The maximum absolute atomic E-state index is 10.5. The second-order valence-corrected chi connectivity index (χ2v) is 3.92. The van der Waals surface area contributed by atoms with E-state index in [9.17, 15) is 4.79 Å². The Labute approximate surface area is 107 Å². The lowest BCUT2D eigenvalue weighted by molar-refractivity contribution is 0.112. The predicted molar refractivity (Wildman–Crippen MR) is 72.7 cm³/mol. The smallest absolute Gasteiger partial charge is 0.150 e. The molecule has 0 unspecified atom stereocenters. The van der Waals surface area contributed by atoms with Gasteiger partial charge >= 0.3 is 0 Å². The first-order valence-corrected chi connectivity index (χ1v) is 5.71. The van der Waals surface area contributed by atoms with Gasteiger partial charge in [-0.25, -0.2) is 0 Å². The zero-order valence-corrected chi connectivity index (χ0v) is 10.0. The highest BCUT2D eigenvalue weighted by molar-refractivity contribution is 5.74. The second kappa shape index (κ2) is 5.82. The summed E-state index contributed by atoms with van der Waals surface area (Å²) in [5.41, 5.74) is 2.82. The molecule has 0 heterocycles. The second-order valence-electron chi connectivity index (χ2n) is 3.92. The summed E-state index contributed by atoms with van der Waals surface area (Å²) in [6.45, 7) is 4.24. The van der Waals surface area contributed by atoms with Crippen LogP contribution in [-0.4, -0.2) is 6.29 Å². The summed E-state index contributed by atoms with van der Waals surface area (Å²) in [4.78, 5) is 10.5. The number of carbonyl (C=O) groups excluding carboxylic acids is 1. The molecule has 0 aliphatic carbocycles. The van der Waals surface area contributed by atoms with E-state index in [0.29, 0.717) is 12.2 Å². The SMILES string of the molecule is C=Cc1cccc(COc2ccc(C=O)cc2)c1. The van der Waals surface area contributed by atoms with Gasteiger partial charge in [-0.05, 0) is 41.5 Å². The van der Waals surface area contributed by atoms with E-state index in [1.807, 2.05) is 30.3 Å². The lowest BCUT2D eigenvalue weighted by atomic mass is 10.1. The first-order valence-electron chi connectivity index (χ1n) is 5.71. The average Bonchev–Trinajstić information content (AvgIpc) is 2.46. The third kappa shape index (κ3) is 3.08. The molecular weight excluding hydrogens is 224 g/mol. The average molecular weight is 238 g/mol. The molecule has 0 spiro atoms. The molecule has 2 nitrogen and oxygen atoms in total. The van der Waals surface area contributed by atoms with Crippen LogP contribution in [0, 0.1) is 0 Å². The first-order chi connectivity index (χ1) is 8.81. The van der Waals surface area contributed by atoms with E-state index >= 15 is 0 Å². The predicted octanol–water partition coefficient (Wildman–Crippen LogP) is 3.72. The van der Waals surface area contributed by atoms with E-state index in [2.05, 4.69) is 6.58 Å². The van der Waals surface area contributed by atoms with Gasteiger partial charge in [0.05, 0.1) is 0 Å². The van der Waals surface area contributed by atoms with Crippen LogP contribution in [0.15, 0.2) is 55.1 Å². The number of hydrogen-bond acceptors (Lipinski definition) is 2. The van der Waals surface area contributed by atoms with Gasteiger partial charge in [0.1, 0.15) is 18.6 Å². The van der Waals surface area contributed by atoms with Crippen LogP contribution in [-0.2, 0) is 6.61 Å². The van der Waals surface area contributed by atoms with Crippen molar-refractivity contribution in [3.63, 3.8) is 0 Å². The normalized spacial score (nSPS) is 9.78. The Morgan fingerprint density at radius 2 is 1.83 bits per heavy atom. The van der Waals surface area contributed by atoms with Crippen LogP contribution < -0.4 is 4.74 Å². The summed E-state index contributed by atoms with van der Waals surface area (Å²) in [5, 5.41) is 0. The number of rotatable bonds is 5. The third-order valence-corrected chi connectivity index (χ3v) is 2.61. The van der Waals surface area contributed by atoms with Crippen molar-refractivity contribution in [3.8, 4) is 5.75 Å². The van der Waals surface area contributed by atoms with Gasteiger partial charge in [-0.1, -0.05) is 30.9 Å². The molecule has 2 heteroatoms. The van der Waals surface area contributed by atoms with Gasteiger partial charge in [0.2, 0.25) is 0 Å². The van der Waals surface area contributed by atoms with Gasteiger partial charge in [0.15, 0.2) is 0 Å². The number of benzene rings is 2. The molecule has 2 aromatic rings. The van der Waals surface area contributed by atoms with E-state index < -0.39 is 0 Å². The van der Waals surface area contributed by atoms with E-state index in [-0.39, 0.29) is 0 Å². The summed E-state index contributed by atoms with van der Waals surface area (Å²) < 4.78 is 5.64. The molecule has 0 aliphatic heterocycles. The van der Waals surface area contributed by atoms with Gasteiger partial charge in [-0.15, -0.1) is 0 Å². The zero-order valence-electron chi connectivity index (χ0n) is 10.0. The van der Waals surface area contributed by atoms with Crippen LogP contribution in [0.5, 0.6) is 5.75 Å². The monoisotopic (exact) mass is 238 g/mol. The van der Waals surface area contributed by atoms with Crippen molar-refractivity contribution in [2.75, 3.05) is 0 Å². The number of carbonyl (C=O) groups is 1. The molecular formula is C16H14O2. The minimum atomic E-state index is 0.502. The summed E-state index contributed by atoms with van der Waals surface area (Å²) in [5.74, 6) is 0.754. The Morgan fingerprint density at radius 3 is 2.50 bits per heavy atom. The molecule has 0 aromatic heterocycles. The molecule has 0 radical (unpaired) electrons. The molecule has 2 rings (SSSR count).